The van der Waals surface area contributed by atoms with Gasteiger partial charge in [-0.1, -0.05) is 0 Å². The Kier molecular flexibility index (Phi) is 3.97. The second-order valence-electron chi connectivity index (χ2n) is 5.68. The van der Waals surface area contributed by atoms with E-state index in [2.05, 4.69) is 0 Å². The van der Waals surface area contributed by atoms with Crippen LogP contribution in [-0.2, 0) is 4.79 Å². The number of hydrogen-bond acceptors (Lipinski definition) is 4. The van der Waals surface area contributed by atoms with Crippen molar-refractivity contribution in [1.29, 1.82) is 0 Å². The van der Waals surface area contributed by atoms with Crippen molar-refractivity contribution in [2.75, 3.05) is 12.3 Å². The van der Waals surface area contributed by atoms with Crippen LogP contribution in [0.1, 0.15) is 6.92 Å². The molecule has 0 fully saturated rings. The fourth-order valence-electron chi connectivity index (χ4n) is 2.75. The molecule has 0 saturated heterocycles. The molecule has 0 radical (unpaired) electrons. The quantitative estimate of drug-likeness (QED) is 0.405. The number of rotatable bonds is 4. The van der Waals surface area contributed by atoms with E-state index in [0.29, 0.717) is 23.8 Å². The molecule has 23 heavy (non-hydrogen) atoms. The molecule has 2 aromatic rings. The number of esters is 1. The van der Waals surface area contributed by atoms with Gasteiger partial charge in [0.25, 0.3) is 0 Å². The molecular weight excluding hydrogens is 311 g/mol. The zero-order valence-corrected chi connectivity index (χ0v) is 13.8. The summed E-state index contributed by atoms with van der Waals surface area (Å²) in [6, 6.07) is 16.3. The molecule has 0 unspecified atom stereocenters. The van der Waals surface area contributed by atoms with Gasteiger partial charge in [-0.25, -0.2) is 0 Å². The van der Waals surface area contributed by atoms with Crippen LogP contribution in [0.25, 0.3) is 0 Å². The summed E-state index contributed by atoms with van der Waals surface area (Å²) in [5.74, 6) is 0.649. The molecule has 1 aliphatic heterocycles. The predicted molar refractivity (Wildman–Crippen MR) is 92.5 cm³/mol. The maximum absolute atomic E-state index is 11.6. The molecule has 2 aromatic carbocycles. The summed E-state index contributed by atoms with van der Waals surface area (Å²) in [7, 11) is -3.51. The average Bonchev–Trinajstić information content (AvgIpc) is 2.94. The first-order valence-electron chi connectivity index (χ1n) is 7.44. The Balaban J connectivity index is 1.90. The number of allylic oxidation sites excluding steroid dienone is 2. The maximum atomic E-state index is 11.6. The summed E-state index contributed by atoms with van der Waals surface area (Å²) in [4.78, 5) is 22.5. The summed E-state index contributed by atoms with van der Waals surface area (Å²) >= 11 is 0. The van der Waals surface area contributed by atoms with Crippen molar-refractivity contribution in [3.05, 3.63) is 66.7 Å². The zero-order valence-electron chi connectivity index (χ0n) is 12.9. The Morgan fingerprint density at radius 1 is 0.957 bits per heavy atom. The SMILES string of the molecule is CC(=O)Oc1ccc(OP2(O)(c3ccccc3)CC=CC2)cc1. The van der Waals surface area contributed by atoms with E-state index >= 15 is 0 Å². The topological polar surface area (TPSA) is 55.8 Å². The van der Waals surface area contributed by atoms with Crippen molar-refractivity contribution in [2.45, 2.75) is 6.92 Å². The molecule has 1 aliphatic rings. The van der Waals surface area contributed by atoms with E-state index in [1.807, 2.05) is 42.5 Å². The molecule has 5 heteroatoms. The van der Waals surface area contributed by atoms with E-state index in [1.165, 1.54) is 6.92 Å². The van der Waals surface area contributed by atoms with Crippen molar-refractivity contribution < 1.29 is 18.9 Å². The molecule has 0 amide bonds. The fourth-order valence-corrected chi connectivity index (χ4v) is 6.21. The molecule has 1 heterocycles. The van der Waals surface area contributed by atoms with E-state index < -0.39 is 7.06 Å². The number of hydrogen-bond donors (Lipinski definition) is 1. The van der Waals surface area contributed by atoms with Crippen molar-refractivity contribution in [2.24, 2.45) is 0 Å². The van der Waals surface area contributed by atoms with E-state index in [4.69, 9.17) is 9.26 Å². The average molecular weight is 330 g/mol. The summed E-state index contributed by atoms with van der Waals surface area (Å²) in [6.07, 6.45) is 4.94. The first-order chi connectivity index (χ1) is 11.0. The van der Waals surface area contributed by atoms with E-state index in [9.17, 15) is 9.69 Å². The van der Waals surface area contributed by atoms with Gasteiger partial charge in [-0.2, -0.15) is 0 Å². The van der Waals surface area contributed by atoms with Crippen molar-refractivity contribution in [3.63, 3.8) is 0 Å². The first-order valence-corrected chi connectivity index (χ1v) is 9.91. The molecule has 0 aromatic heterocycles. The van der Waals surface area contributed by atoms with Gasteiger partial charge in [0.15, 0.2) is 0 Å². The van der Waals surface area contributed by atoms with Crippen molar-refractivity contribution in [1.82, 2.24) is 0 Å². The summed E-state index contributed by atoms with van der Waals surface area (Å²) in [6.45, 7) is 1.36. The molecule has 120 valence electrons. The predicted octanol–water partition coefficient (Wildman–Crippen LogP) is 3.26. The molecule has 1 N–H and O–H groups in total. The number of carbonyl (C=O) groups is 1. The van der Waals surface area contributed by atoms with Crippen LogP contribution in [0.5, 0.6) is 11.5 Å². The van der Waals surface area contributed by atoms with Gasteiger partial charge < -0.3 is 0 Å². The number of benzene rings is 2. The summed E-state index contributed by atoms with van der Waals surface area (Å²) in [5, 5.41) is 0.840. The van der Waals surface area contributed by atoms with Gasteiger partial charge in [0.1, 0.15) is 0 Å². The van der Waals surface area contributed by atoms with Crippen molar-refractivity contribution in [3.8, 4) is 11.5 Å². The standard InChI is InChI=1S/C18H19O4P/c1-15(19)21-16-9-11-17(12-10-16)22-23(20,13-5-6-14-23)18-7-3-2-4-8-18/h2-12,20H,13-14H2,1H3. The Labute approximate surface area is 135 Å². The van der Waals surface area contributed by atoms with Gasteiger partial charge in [-0.15, -0.1) is 0 Å². The van der Waals surface area contributed by atoms with E-state index in [1.54, 1.807) is 24.3 Å². The Morgan fingerprint density at radius 3 is 2.09 bits per heavy atom. The van der Waals surface area contributed by atoms with Crippen LogP contribution in [0.4, 0.5) is 0 Å². The zero-order chi connectivity index (χ0) is 16.4. The molecule has 0 saturated carbocycles. The van der Waals surface area contributed by atoms with Crippen LogP contribution in [0, 0.1) is 0 Å². The van der Waals surface area contributed by atoms with Gasteiger partial charge in [-0.3, -0.25) is 0 Å². The number of carbonyl (C=O) groups excluding carboxylic acids is 1. The monoisotopic (exact) mass is 330 g/mol. The normalized spacial score (nSPS) is 19.5. The van der Waals surface area contributed by atoms with Gasteiger partial charge in [0.05, 0.1) is 0 Å². The van der Waals surface area contributed by atoms with Gasteiger partial charge in [0, 0.05) is 0 Å². The number of ether oxygens (including phenoxy) is 1. The van der Waals surface area contributed by atoms with Crippen LogP contribution in [0.2, 0.25) is 0 Å². The minimum absolute atomic E-state index is 0.369. The third kappa shape index (κ3) is 3.14. The van der Waals surface area contributed by atoms with Gasteiger partial charge in [-0.05, 0) is 0 Å². The molecular formula is C18H19O4P. The Morgan fingerprint density at radius 2 is 1.52 bits per heavy atom. The van der Waals surface area contributed by atoms with E-state index in [0.717, 1.165) is 5.30 Å². The Hall–Kier alpha value is -2.16. The van der Waals surface area contributed by atoms with Crippen LogP contribution in [0.15, 0.2) is 66.7 Å². The molecule has 3 rings (SSSR count). The van der Waals surface area contributed by atoms with Crippen LogP contribution >= 0.6 is 7.06 Å². The minimum atomic E-state index is -3.51. The fraction of sp³-hybridized carbons (Fsp3) is 0.167. The van der Waals surface area contributed by atoms with Gasteiger partial charge in [0.2, 0.25) is 0 Å². The third-order valence-corrected chi connectivity index (χ3v) is 7.92. The summed E-state index contributed by atoms with van der Waals surface area (Å²) < 4.78 is 11.2. The van der Waals surface area contributed by atoms with Crippen LogP contribution < -0.4 is 14.6 Å². The molecule has 0 atom stereocenters. The Bertz CT molecular complexity index is 729. The molecule has 4 nitrogen and oxygen atoms in total. The van der Waals surface area contributed by atoms with E-state index in [-0.39, 0.29) is 5.97 Å². The van der Waals surface area contributed by atoms with Gasteiger partial charge >= 0.3 is 135 Å². The first kappa shape index (κ1) is 15.7. The van der Waals surface area contributed by atoms with Crippen LogP contribution in [-0.4, -0.2) is 23.2 Å². The second kappa shape index (κ2) is 5.80. The molecule has 0 spiro atoms. The molecule has 0 bridgehead atoms. The van der Waals surface area contributed by atoms with Crippen molar-refractivity contribution >= 4 is 18.3 Å². The van der Waals surface area contributed by atoms with Crippen LogP contribution in [0.3, 0.4) is 0 Å². The third-order valence-electron chi connectivity index (χ3n) is 3.88. The summed E-state index contributed by atoms with van der Waals surface area (Å²) in [5.41, 5.74) is 0. The second-order valence-corrected chi connectivity index (χ2v) is 9.82. The molecule has 0 aliphatic carbocycles.